The van der Waals surface area contributed by atoms with Crippen molar-refractivity contribution in [3.63, 3.8) is 0 Å². The van der Waals surface area contributed by atoms with Crippen molar-refractivity contribution in [2.24, 2.45) is 0 Å². The third kappa shape index (κ3) is 3.01. The van der Waals surface area contributed by atoms with E-state index in [9.17, 15) is 9.90 Å². The summed E-state index contributed by atoms with van der Waals surface area (Å²) in [4.78, 5) is 15.2. The third-order valence-corrected chi connectivity index (χ3v) is 3.76. The van der Waals surface area contributed by atoms with Crippen molar-refractivity contribution in [3.05, 3.63) is 84.4 Å². The van der Waals surface area contributed by atoms with E-state index in [1.54, 1.807) is 0 Å². The van der Waals surface area contributed by atoms with Gasteiger partial charge in [0.25, 0.3) is 0 Å². The Labute approximate surface area is 148 Å². The zero-order valence-electron chi connectivity index (χ0n) is 13.5. The maximum Gasteiger partial charge on any atom is 0.219 e. The molecule has 4 aromatic rings. The van der Waals surface area contributed by atoms with Crippen LogP contribution in [0.5, 0.6) is 0 Å². The number of benzene rings is 2. The molecule has 0 bridgehead atoms. The number of nitrogens with zero attached hydrogens (tertiary/aromatic N) is 6. The summed E-state index contributed by atoms with van der Waals surface area (Å²) in [5, 5.41) is 26.8. The zero-order valence-corrected chi connectivity index (χ0v) is 13.5. The molecular weight excluding hydrogens is 332 g/mol. The molecule has 26 heavy (non-hydrogen) atoms. The quantitative estimate of drug-likeness (QED) is 0.553. The summed E-state index contributed by atoms with van der Waals surface area (Å²) in [6.45, 7) is 0. The summed E-state index contributed by atoms with van der Waals surface area (Å²) < 4.78 is 0. The predicted octanol–water partition coefficient (Wildman–Crippen LogP) is 1.76. The maximum atomic E-state index is 12.5. The van der Waals surface area contributed by atoms with Crippen molar-refractivity contribution in [2.45, 2.75) is 6.10 Å². The van der Waals surface area contributed by atoms with Gasteiger partial charge in [-0.2, -0.15) is 24.9 Å². The van der Waals surface area contributed by atoms with Crippen molar-refractivity contribution >= 4 is 5.78 Å². The first-order valence-electron chi connectivity index (χ1n) is 7.90. The van der Waals surface area contributed by atoms with Crippen LogP contribution in [0.1, 0.15) is 22.3 Å². The number of hydrogen-bond donors (Lipinski definition) is 1. The molecule has 0 fully saturated rings. The van der Waals surface area contributed by atoms with Gasteiger partial charge in [0.05, 0.1) is 23.8 Å². The Balaban J connectivity index is 1.55. The molecule has 128 valence electrons. The number of hydrogen-bond acceptors (Lipinski definition) is 6. The van der Waals surface area contributed by atoms with Crippen LogP contribution in [0.25, 0.3) is 11.4 Å². The summed E-state index contributed by atoms with van der Waals surface area (Å²) in [5.41, 5.74) is 1.65. The number of Topliss-reactive ketones (excluding diaryl/α,β-unsaturated/α-hetero) is 1. The molecule has 0 amide bonds. The number of aliphatic hydroxyl groups excluding tert-OH is 1. The van der Waals surface area contributed by atoms with Gasteiger partial charge in [-0.3, -0.25) is 4.79 Å². The van der Waals surface area contributed by atoms with E-state index in [0.29, 0.717) is 0 Å². The van der Waals surface area contributed by atoms with Crippen molar-refractivity contribution in [1.82, 2.24) is 30.0 Å². The van der Waals surface area contributed by atoms with E-state index in [2.05, 4.69) is 20.4 Å². The number of para-hydroxylation sites is 2. The molecule has 1 N–H and O–H groups in total. The lowest BCUT2D eigenvalue weighted by Crippen LogP contribution is -2.14. The van der Waals surface area contributed by atoms with Crippen LogP contribution in [0.3, 0.4) is 0 Å². The van der Waals surface area contributed by atoms with Crippen LogP contribution in [-0.2, 0) is 0 Å². The van der Waals surface area contributed by atoms with Crippen molar-refractivity contribution in [1.29, 1.82) is 0 Å². The monoisotopic (exact) mass is 346 g/mol. The first-order chi connectivity index (χ1) is 12.7. The predicted molar refractivity (Wildman–Crippen MR) is 92.0 cm³/mol. The van der Waals surface area contributed by atoms with Crippen LogP contribution >= 0.6 is 0 Å². The van der Waals surface area contributed by atoms with Gasteiger partial charge in [0.15, 0.2) is 11.8 Å². The van der Waals surface area contributed by atoms with Gasteiger partial charge in [0.2, 0.25) is 5.78 Å². The van der Waals surface area contributed by atoms with Gasteiger partial charge >= 0.3 is 0 Å². The Hall–Kier alpha value is -3.65. The van der Waals surface area contributed by atoms with E-state index in [4.69, 9.17) is 0 Å². The van der Waals surface area contributed by atoms with E-state index in [0.717, 1.165) is 11.4 Å². The number of carbonyl (C=O) groups excluding carboxylic acids is 1. The van der Waals surface area contributed by atoms with Gasteiger partial charge in [0, 0.05) is 0 Å². The Morgan fingerprint density at radius 1 is 0.808 bits per heavy atom. The van der Waals surface area contributed by atoms with Crippen molar-refractivity contribution in [2.75, 3.05) is 0 Å². The molecule has 0 aliphatic carbocycles. The van der Waals surface area contributed by atoms with Gasteiger partial charge in [-0.25, -0.2) is 0 Å². The molecule has 0 spiro atoms. The van der Waals surface area contributed by atoms with Crippen LogP contribution < -0.4 is 0 Å². The van der Waals surface area contributed by atoms with Gasteiger partial charge in [-0.1, -0.05) is 36.4 Å². The van der Waals surface area contributed by atoms with E-state index in [-0.39, 0.29) is 11.4 Å². The van der Waals surface area contributed by atoms with Crippen LogP contribution in [0.15, 0.2) is 73.1 Å². The Kier molecular flexibility index (Phi) is 4.08. The molecule has 0 aliphatic rings. The molecular formula is C18H14N6O2. The van der Waals surface area contributed by atoms with Crippen molar-refractivity contribution < 1.29 is 9.90 Å². The fourth-order valence-corrected chi connectivity index (χ4v) is 2.42. The average Bonchev–Trinajstić information content (AvgIpc) is 3.38. The molecule has 0 radical (unpaired) electrons. The summed E-state index contributed by atoms with van der Waals surface area (Å²) in [6, 6.07) is 18.4. The molecule has 2 aromatic heterocycles. The fourth-order valence-electron chi connectivity index (χ4n) is 2.42. The second kappa shape index (κ2) is 6.69. The summed E-state index contributed by atoms with van der Waals surface area (Å²) in [7, 11) is 0. The Morgan fingerprint density at radius 3 is 1.96 bits per heavy atom. The first-order valence-corrected chi connectivity index (χ1v) is 7.90. The van der Waals surface area contributed by atoms with Crippen LogP contribution in [-0.4, -0.2) is 40.9 Å². The highest BCUT2D eigenvalue weighted by atomic mass is 16.3. The number of rotatable bonds is 5. The Morgan fingerprint density at radius 2 is 1.35 bits per heavy atom. The Bertz CT molecular complexity index is 1030. The largest absolute Gasteiger partial charge is 0.378 e. The van der Waals surface area contributed by atoms with E-state index < -0.39 is 11.9 Å². The summed E-state index contributed by atoms with van der Waals surface area (Å²) >= 11 is 0. The lowest BCUT2D eigenvalue weighted by atomic mass is 10.1. The minimum absolute atomic E-state index is 0.0515. The number of ketones is 1. The van der Waals surface area contributed by atoms with E-state index in [1.807, 2.05) is 60.7 Å². The number of aliphatic hydroxyl groups is 1. The third-order valence-electron chi connectivity index (χ3n) is 3.76. The topological polar surface area (TPSA) is 98.7 Å². The molecule has 0 saturated carbocycles. The van der Waals surface area contributed by atoms with Gasteiger partial charge in [0.1, 0.15) is 5.69 Å². The minimum atomic E-state index is -1.46. The van der Waals surface area contributed by atoms with Gasteiger partial charge < -0.3 is 5.11 Å². The smallest absolute Gasteiger partial charge is 0.219 e. The van der Waals surface area contributed by atoms with Crippen molar-refractivity contribution in [3.8, 4) is 11.4 Å². The lowest BCUT2D eigenvalue weighted by molar-refractivity contribution is 0.0733. The second-order valence-electron chi connectivity index (χ2n) is 5.52. The molecule has 0 saturated heterocycles. The van der Waals surface area contributed by atoms with Gasteiger partial charge in [-0.05, 0) is 24.3 Å². The van der Waals surface area contributed by atoms with E-state index >= 15 is 0 Å². The number of carbonyl (C=O) groups is 1. The highest BCUT2D eigenvalue weighted by Crippen LogP contribution is 2.16. The molecule has 8 heteroatoms. The molecule has 0 unspecified atom stereocenters. The molecule has 2 heterocycles. The maximum absolute atomic E-state index is 12.5. The highest BCUT2D eigenvalue weighted by Gasteiger charge is 2.25. The minimum Gasteiger partial charge on any atom is -0.378 e. The molecule has 2 aromatic carbocycles. The van der Waals surface area contributed by atoms with Crippen LogP contribution in [0.4, 0.5) is 0 Å². The highest BCUT2D eigenvalue weighted by molar-refractivity contribution is 5.97. The average molecular weight is 346 g/mol. The molecule has 8 nitrogen and oxygen atoms in total. The van der Waals surface area contributed by atoms with E-state index in [1.165, 1.54) is 22.0 Å². The lowest BCUT2D eigenvalue weighted by Gasteiger charge is -2.03. The van der Waals surface area contributed by atoms with Gasteiger partial charge in [-0.15, -0.1) is 5.10 Å². The first kappa shape index (κ1) is 15.9. The summed E-state index contributed by atoms with van der Waals surface area (Å²) in [5.74, 6) is -0.590. The zero-order chi connectivity index (χ0) is 17.9. The number of aromatic nitrogens is 6. The molecule has 4 rings (SSSR count). The summed E-state index contributed by atoms with van der Waals surface area (Å²) in [6.07, 6.45) is 1.21. The van der Waals surface area contributed by atoms with Crippen LogP contribution in [0, 0.1) is 0 Å². The SMILES string of the molecule is O=C(c1cnn(-c2ccccc2)n1)[C@H](O)c1cnn(-c2ccccc2)n1. The molecule has 1 atom stereocenters. The standard InChI is InChI=1S/C18H14N6O2/c25-17(15-11-19-23(21-15)13-7-3-1-4-8-13)18(26)16-12-20-24(22-16)14-9-5-2-6-10-14/h1-12,17,25H/t17-/m1/s1. The molecule has 0 aliphatic heterocycles. The normalized spacial score (nSPS) is 12.0. The van der Waals surface area contributed by atoms with Crippen LogP contribution in [0.2, 0.25) is 0 Å². The second-order valence-corrected chi connectivity index (χ2v) is 5.52. The fraction of sp³-hybridized carbons (Fsp3) is 0.0556.